The lowest BCUT2D eigenvalue weighted by Gasteiger charge is -2.24. The average molecular weight is 384 g/mol. The second-order valence-electron chi connectivity index (χ2n) is 7.62. The molecule has 0 spiro atoms. The van der Waals surface area contributed by atoms with Gasteiger partial charge in [0.05, 0.1) is 12.3 Å². The van der Waals surface area contributed by atoms with E-state index in [1.165, 1.54) is 36.1 Å². The van der Waals surface area contributed by atoms with Crippen molar-refractivity contribution >= 4 is 0 Å². The van der Waals surface area contributed by atoms with E-state index < -0.39 is 0 Å². The van der Waals surface area contributed by atoms with Crippen molar-refractivity contribution in [2.45, 2.75) is 45.9 Å². The van der Waals surface area contributed by atoms with Crippen LogP contribution in [0.2, 0.25) is 0 Å². The normalized spacial score (nSPS) is 17.2. The van der Waals surface area contributed by atoms with Crippen LogP contribution in [-0.4, -0.2) is 49.3 Å². The van der Waals surface area contributed by atoms with Gasteiger partial charge in [-0.15, -0.1) is 0 Å². The standard InChI is InChI=1S/C23H33N3O2/c1-18-13-20(15-24-16-22-8-6-10-26(22)11-12-27-3)14-19(2)23(18)28-17-21-7-4-5-9-25-21/h4-5,7,9,13-14,22,24H,6,8,10-12,15-17H2,1-3H3. The summed E-state index contributed by atoms with van der Waals surface area (Å²) in [4.78, 5) is 6.87. The topological polar surface area (TPSA) is 46.6 Å². The molecule has 0 bridgehead atoms. The quantitative estimate of drug-likeness (QED) is 0.681. The van der Waals surface area contributed by atoms with E-state index in [4.69, 9.17) is 9.47 Å². The number of hydrogen-bond acceptors (Lipinski definition) is 5. The van der Waals surface area contributed by atoms with Crippen LogP contribution in [0.4, 0.5) is 0 Å². The highest BCUT2D eigenvalue weighted by Crippen LogP contribution is 2.26. The molecule has 3 rings (SSSR count). The van der Waals surface area contributed by atoms with Crippen molar-refractivity contribution in [1.82, 2.24) is 15.2 Å². The maximum atomic E-state index is 6.04. The predicted octanol–water partition coefficient (Wildman–Crippen LogP) is 3.48. The second kappa shape index (κ2) is 10.6. The first-order valence-electron chi connectivity index (χ1n) is 10.2. The molecule has 1 atom stereocenters. The first-order chi connectivity index (χ1) is 13.7. The Morgan fingerprint density at radius 2 is 2.04 bits per heavy atom. The van der Waals surface area contributed by atoms with Crippen molar-refractivity contribution in [1.29, 1.82) is 0 Å². The maximum absolute atomic E-state index is 6.04. The number of methoxy groups -OCH3 is 1. The third kappa shape index (κ3) is 5.77. The van der Waals surface area contributed by atoms with Gasteiger partial charge in [0.1, 0.15) is 12.4 Å². The van der Waals surface area contributed by atoms with Gasteiger partial charge in [0, 0.05) is 39.0 Å². The van der Waals surface area contributed by atoms with Gasteiger partial charge in [0.25, 0.3) is 0 Å². The fourth-order valence-corrected chi connectivity index (χ4v) is 4.01. The van der Waals surface area contributed by atoms with Gasteiger partial charge in [-0.2, -0.15) is 0 Å². The molecule has 0 amide bonds. The highest BCUT2D eigenvalue weighted by Gasteiger charge is 2.23. The summed E-state index contributed by atoms with van der Waals surface area (Å²) < 4.78 is 11.3. The van der Waals surface area contributed by atoms with E-state index >= 15 is 0 Å². The third-order valence-electron chi connectivity index (χ3n) is 5.40. The Labute approximate surface area is 169 Å². The van der Waals surface area contributed by atoms with Gasteiger partial charge in [-0.05, 0) is 62.1 Å². The fourth-order valence-electron chi connectivity index (χ4n) is 4.01. The van der Waals surface area contributed by atoms with Gasteiger partial charge < -0.3 is 14.8 Å². The number of pyridine rings is 1. The van der Waals surface area contributed by atoms with Crippen molar-refractivity contribution in [3.05, 3.63) is 58.9 Å². The van der Waals surface area contributed by atoms with E-state index in [0.29, 0.717) is 12.6 Å². The van der Waals surface area contributed by atoms with Crippen LogP contribution in [0.1, 0.15) is 35.2 Å². The number of rotatable bonds is 10. The molecule has 1 N–H and O–H groups in total. The Kier molecular flexibility index (Phi) is 7.83. The molecule has 152 valence electrons. The van der Waals surface area contributed by atoms with Gasteiger partial charge in [-0.1, -0.05) is 18.2 Å². The van der Waals surface area contributed by atoms with Gasteiger partial charge in [0.15, 0.2) is 0 Å². The molecule has 2 aromatic rings. The number of likely N-dealkylation sites (tertiary alicyclic amines) is 1. The molecule has 1 aromatic heterocycles. The molecule has 2 heterocycles. The predicted molar refractivity (Wildman–Crippen MR) is 113 cm³/mol. The van der Waals surface area contributed by atoms with Crippen LogP contribution in [0, 0.1) is 13.8 Å². The number of nitrogens with one attached hydrogen (secondary N) is 1. The molecule has 1 unspecified atom stereocenters. The molecule has 5 heteroatoms. The summed E-state index contributed by atoms with van der Waals surface area (Å²) in [6.45, 7) is 9.69. The van der Waals surface area contributed by atoms with Crippen LogP contribution in [0.5, 0.6) is 5.75 Å². The summed E-state index contributed by atoms with van der Waals surface area (Å²) in [7, 11) is 1.78. The van der Waals surface area contributed by atoms with Crippen molar-refractivity contribution in [3.63, 3.8) is 0 Å². The van der Waals surface area contributed by atoms with Crippen molar-refractivity contribution < 1.29 is 9.47 Å². The van der Waals surface area contributed by atoms with Crippen molar-refractivity contribution in [2.75, 3.05) is 33.4 Å². The van der Waals surface area contributed by atoms with Crippen LogP contribution in [-0.2, 0) is 17.9 Å². The summed E-state index contributed by atoms with van der Waals surface area (Å²) in [5.41, 5.74) is 4.61. The van der Waals surface area contributed by atoms with E-state index in [0.717, 1.165) is 37.7 Å². The molecular weight excluding hydrogens is 350 g/mol. The van der Waals surface area contributed by atoms with Crippen LogP contribution in [0.3, 0.4) is 0 Å². The smallest absolute Gasteiger partial charge is 0.130 e. The van der Waals surface area contributed by atoms with Crippen LogP contribution in [0.25, 0.3) is 0 Å². The number of benzene rings is 1. The minimum absolute atomic E-state index is 0.499. The van der Waals surface area contributed by atoms with Crippen LogP contribution in [0.15, 0.2) is 36.5 Å². The van der Waals surface area contributed by atoms with Crippen LogP contribution >= 0.6 is 0 Å². The fraction of sp³-hybridized carbons (Fsp3) is 0.522. The summed E-state index contributed by atoms with van der Waals surface area (Å²) in [5.74, 6) is 0.968. The van der Waals surface area contributed by atoms with Gasteiger partial charge in [-0.3, -0.25) is 9.88 Å². The monoisotopic (exact) mass is 383 g/mol. The second-order valence-corrected chi connectivity index (χ2v) is 7.62. The lowest BCUT2D eigenvalue weighted by Crippen LogP contribution is -2.39. The first kappa shape index (κ1) is 20.8. The SMILES string of the molecule is COCCN1CCCC1CNCc1cc(C)c(OCc2ccccn2)c(C)c1. The summed E-state index contributed by atoms with van der Waals surface area (Å²) >= 11 is 0. The highest BCUT2D eigenvalue weighted by molar-refractivity contribution is 5.43. The largest absolute Gasteiger partial charge is 0.487 e. The van der Waals surface area contributed by atoms with E-state index in [2.05, 4.69) is 41.2 Å². The van der Waals surface area contributed by atoms with E-state index in [1.54, 1.807) is 13.3 Å². The maximum Gasteiger partial charge on any atom is 0.130 e. The summed E-state index contributed by atoms with van der Waals surface area (Å²) in [5, 5.41) is 3.65. The summed E-state index contributed by atoms with van der Waals surface area (Å²) in [6, 6.07) is 11.0. The average Bonchev–Trinajstić information content (AvgIpc) is 3.14. The molecule has 0 radical (unpaired) electrons. The Hall–Kier alpha value is -1.95. The Morgan fingerprint density at radius 1 is 1.21 bits per heavy atom. The molecule has 1 aromatic carbocycles. The Balaban J connectivity index is 1.51. The zero-order valence-electron chi connectivity index (χ0n) is 17.4. The molecule has 28 heavy (non-hydrogen) atoms. The highest BCUT2D eigenvalue weighted by atomic mass is 16.5. The molecule has 1 aliphatic rings. The number of nitrogens with zero attached hydrogens (tertiary/aromatic N) is 2. The van der Waals surface area contributed by atoms with E-state index in [-0.39, 0.29) is 0 Å². The lowest BCUT2D eigenvalue weighted by atomic mass is 10.1. The minimum Gasteiger partial charge on any atom is -0.487 e. The van der Waals surface area contributed by atoms with Gasteiger partial charge in [-0.25, -0.2) is 0 Å². The number of hydrogen-bond donors (Lipinski definition) is 1. The van der Waals surface area contributed by atoms with E-state index in [9.17, 15) is 0 Å². The molecule has 5 nitrogen and oxygen atoms in total. The third-order valence-corrected chi connectivity index (χ3v) is 5.40. The van der Waals surface area contributed by atoms with Crippen molar-refractivity contribution in [2.24, 2.45) is 0 Å². The van der Waals surface area contributed by atoms with Gasteiger partial charge >= 0.3 is 0 Å². The molecule has 1 saturated heterocycles. The van der Waals surface area contributed by atoms with E-state index in [1.807, 2.05) is 18.2 Å². The molecule has 0 saturated carbocycles. The van der Waals surface area contributed by atoms with Crippen molar-refractivity contribution in [3.8, 4) is 5.75 Å². The zero-order valence-corrected chi connectivity index (χ0v) is 17.4. The first-order valence-corrected chi connectivity index (χ1v) is 10.2. The molecule has 1 fully saturated rings. The molecular formula is C23H33N3O2. The number of ether oxygens (including phenoxy) is 2. The Morgan fingerprint density at radius 3 is 2.75 bits per heavy atom. The molecule has 0 aliphatic carbocycles. The summed E-state index contributed by atoms with van der Waals surface area (Å²) in [6.07, 6.45) is 4.36. The van der Waals surface area contributed by atoms with Crippen LogP contribution < -0.4 is 10.1 Å². The minimum atomic E-state index is 0.499. The molecule has 1 aliphatic heterocycles. The Bertz CT molecular complexity index is 713. The zero-order chi connectivity index (χ0) is 19.8. The van der Waals surface area contributed by atoms with Gasteiger partial charge in [0.2, 0.25) is 0 Å². The number of aromatic nitrogens is 1. The lowest BCUT2D eigenvalue weighted by molar-refractivity contribution is 0.140. The number of aryl methyl sites for hydroxylation is 2.